The van der Waals surface area contributed by atoms with Crippen molar-refractivity contribution in [3.05, 3.63) is 65.7 Å². The Labute approximate surface area is 174 Å². The summed E-state index contributed by atoms with van der Waals surface area (Å²) in [6.07, 6.45) is 0.110. The fraction of sp³-hybridized carbons (Fsp3) is 0.238. The summed E-state index contributed by atoms with van der Waals surface area (Å²) in [5.41, 5.74) is 1.15. The molecule has 2 aromatic carbocycles. The molecule has 30 heavy (non-hydrogen) atoms. The third kappa shape index (κ3) is 7.27. The molecule has 0 aliphatic rings. The Kier molecular flexibility index (Phi) is 8.85. The SMILES string of the molecule is CCNC(=O)NC(=O)[C@@H](OC(=O)CO/N=C\c1ccc(OC)cc1)c1ccccc1. The molecule has 1 atom stereocenters. The molecule has 158 valence electrons. The summed E-state index contributed by atoms with van der Waals surface area (Å²) in [7, 11) is 1.57. The lowest BCUT2D eigenvalue weighted by atomic mass is 10.1. The number of hydrogen-bond donors (Lipinski definition) is 2. The first-order chi connectivity index (χ1) is 14.5. The summed E-state index contributed by atoms with van der Waals surface area (Å²) in [4.78, 5) is 41.1. The Hall–Kier alpha value is -3.88. The zero-order valence-electron chi connectivity index (χ0n) is 16.7. The summed E-state index contributed by atoms with van der Waals surface area (Å²) in [5.74, 6) is -0.890. The number of urea groups is 1. The molecule has 0 aromatic heterocycles. The molecular formula is C21H23N3O6. The topological polar surface area (TPSA) is 115 Å². The van der Waals surface area contributed by atoms with Gasteiger partial charge in [0.15, 0.2) is 0 Å². The van der Waals surface area contributed by atoms with E-state index in [1.807, 2.05) is 0 Å². The van der Waals surface area contributed by atoms with E-state index in [0.29, 0.717) is 17.9 Å². The van der Waals surface area contributed by atoms with Crippen LogP contribution in [0.1, 0.15) is 24.2 Å². The maximum Gasteiger partial charge on any atom is 0.348 e. The highest BCUT2D eigenvalue weighted by molar-refractivity contribution is 5.97. The van der Waals surface area contributed by atoms with Crippen molar-refractivity contribution in [3.63, 3.8) is 0 Å². The number of carbonyl (C=O) groups excluding carboxylic acids is 3. The molecule has 0 heterocycles. The normalized spacial score (nSPS) is 11.4. The monoisotopic (exact) mass is 413 g/mol. The lowest BCUT2D eigenvalue weighted by Crippen LogP contribution is -2.42. The van der Waals surface area contributed by atoms with Crippen LogP contribution in [0.15, 0.2) is 59.8 Å². The van der Waals surface area contributed by atoms with Gasteiger partial charge in [0, 0.05) is 12.1 Å². The van der Waals surface area contributed by atoms with Crippen molar-refractivity contribution in [3.8, 4) is 5.75 Å². The van der Waals surface area contributed by atoms with Gasteiger partial charge in [-0.05, 0) is 36.8 Å². The van der Waals surface area contributed by atoms with Gasteiger partial charge in [-0.2, -0.15) is 0 Å². The lowest BCUT2D eigenvalue weighted by molar-refractivity contribution is -0.160. The zero-order valence-corrected chi connectivity index (χ0v) is 16.7. The first-order valence-electron chi connectivity index (χ1n) is 9.16. The van der Waals surface area contributed by atoms with Crippen LogP contribution in [0.2, 0.25) is 0 Å². The largest absolute Gasteiger partial charge is 0.497 e. The van der Waals surface area contributed by atoms with Gasteiger partial charge in [0.1, 0.15) is 5.75 Å². The fourth-order valence-electron chi connectivity index (χ4n) is 2.33. The van der Waals surface area contributed by atoms with Crippen molar-refractivity contribution in [2.45, 2.75) is 13.0 Å². The number of esters is 1. The van der Waals surface area contributed by atoms with E-state index in [1.54, 1.807) is 68.6 Å². The molecule has 0 spiro atoms. The van der Waals surface area contributed by atoms with E-state index >= 15 is 0 Å². The molecule has 0 aliphatic heterocycles. The molecule has 2 rings (SSSR count). The minimum Gasteiger partial charge on any atom is -0.497 e. The van der Waals surface area contributed by atoms with Gasteiger partial charge in [-0.3, -0.25) is 10.1 Å². The van der Waals surface area contributed by atoms with Crippen LogP contribution in [0.4, 0.5) is 4.79 Å². The second-order valence-corrected chi connectivity index (χ2v) is 5.91. The number of oxime groups is 1. The van der Waals surface area contributed by atoms with Crippen molar-refractivity contribution >= 4 is 24.1 Å². The molecule has 0 saturated heterocycles. The van der Waals surface area contributed by atoms with Crippen molar-refractivity contribution < 1.29 is 28.7 Å². The molecule has 9 heteroatoms. The first-order valence-corrected chi connectivity index (χ1v) is 9.16. The van der Waals surface area contributed by atoms with Crippen LogP contribution in [0.25, 0.3) is 0 Å². The van der Waals surface area contributed by atoms with Gasteiger partial charge in [0.25, 0.3) is 5.91 Å². The highest BCUT2D eigenvalue weighted by atomic mass is 16.7. The molecule has 0 fully saturated rings. The van der Waals surface area contributed by atoms with Crippen molar-refractivity contribution in [2.24, 2.45) is 5.16 Å². The Morgan fingerprint density at radius 2 is 1.77 bits per heavy atom. The zero-order chi connectivity index (χ0) is 21.8. The number of benzene rings is 2. The van der Waals surface area contributed by atoms with E-state index in [0.717, 1.165) is 5.56 Å². The Morgan fingerprint density at radius 1 is 1.07 bits per heavy atom. The second kappa shape index (κ2) is 11.8. The van der Waals surface area contributed by atoms with Crippen LogP contribution in [0, 0.1) is 0 Å². The number of carbonyl (C=O) groups is 3. The minimum atomic E-state index is -1.31. The van der Waals surface area contributed by atoms with Gasteiger partial charge < -0.3 is 19.6 Å². The smallest absolute Gasteiger partial charge is 0.348 e. The number of nitrogens with one attached hydrogen (secondary N) is 2. The van der Waals surface area contributed by atoms with Crippen LogP contribution in [0.3, 0.4) is 0 Å². The predicted octanol–water partition coefficient (Wildman–Crippen LogP) is 2.18. The van der Waals surface area contributed by atoms with Crippen LogP contribution < -0.4 is 15.4 Å². The average molecular weight is 413 g/mol. The molecule has 0 bridgehead atoms. The van der Waals surface area contributed by atoms with E-state index < -0.39 is 30.6 Å². The van der Waals surface area contributed by atoms with Crippen molar-refractivity contribution in [1.29, 1.82) is 0 Å². The Balaban J connectivity index is 1.93. The molecule has 0 aliphatic carbocycles. The quantitative estimate of drug-likeness (QED) is 0.370. The van der Waals surface area contributed by atoms with E-state index in [4.69, 9.17) is 14.3 Å². The van der Waals surface area contributed by atoms with E-state index in [1.165, 1.54) is 6.21 Å². The van der Waals surface area contributed by atoms with E-state index in [2.05, 4.69) is 15.8 Å². The predicted molar refractivity (Wildman–Crippen MR) is 109 cm³/mol. The summed E-state index contributed by atoms with van der Waals surface area (Å²) < 4.78 is 10.3. The van der Waals surface area contributed by atoms with Gasteiger partial charge in [-0.1, -0.05) is 35.5 Å². The summed E-state index contributed by atoms with van der Waals surface area (Å²) >= 11 is 0. The van der Waals surface area contributed by atoms with Crippen LogP contribution >= 0.6 is 0 Å². The highest BCUT2D eigenvalue weighted by Gasteiger charge is 2.26. The Morgan fingerprint density at radius 3 is 2.40 bits per heavy atom. The number of methoxy groups -OCH3 is 1. The first kappa shape index (κ1) is 22.4. The van der Waals surface area contributed by atoms with E-state index in [-0.39, 0.29) is 0 Å². The average Bonchev–Trinajstić information content (AvgIpc) is 2.76. The summed E-state index contributed by atoms with van der Waals surface area (Å²) in [5, 5.41) is 8.28. The number of rotatable bonds is 9. The summed E-state index contributed by atoms with van der Waals surface area (Å²) in [6.45, 7) is 1.54. The number of amides is 3. The molecule has 2 aromatic rings. The van der Waals surface area contributed by atoms with Gasteiger partial charge in [-0.15, -0.1) is 0 Å². The molecular weight excluding hydrogens is 390 g/mol. The van der Waals surface area contributed by atoms with Crippen LogP contribution in [-0.4, -0.2) is 44.4 Å². The Bertz CT molecular complexity index is 868. The van der Waals surface area contributed by atoms with E-state index in [9.17, 15) is 14.4 Å². The third-order valence-electron chi connectivity index (χ3n) is 3.74. The second-order valence-electron chi connectivity index (χ2n) is 5.91. The minimum absolute atomic E-state index is 0.342. The highest BCUT2D eigenvalue weighted by Crippen LogP contribution is 2.18. The third-order valence-corrected chi connectivity index (χ3v) is 3.74. The van der Waals surface area contributed by atoms with Gasteiger partial charge >= 0.3 is 12.0 Å². The maximum atomic E-state index is 12.4. The van der Waals surface area contributed by atoms with Gasteiger partial charge in [0.2, 0.25) is 12.7 Å². The molecule has 0 saturated carbocycles. The molecule has 3 amide bonds. The van der Waals surface area contributed by atoms with Crippen LogP contribution in [-0.2, 0) is 19.2 Å². The fourth-order valence-corrected chi connectivity index (χ4v) is 2.33. The molecule has 0 radical (unpaired) electrons. The molecule has 0 unspecified atom stereocenters. The summed E-state index contributed by atoms with van der Waals surface area (Å²) in [6, 6.07) is 14.7. The van der Waals surface area contributed by atoms with Gasteiger partial charge in [-0.25, -0.2) is 9.59 Å². The number of nitrogens with zero attached hydrogens (tertiary/aromatic N) is 1. The number of ether oxygens (including phenoxy) is 2. The van der Waals surface area contributed by atoms with Gasteiger partial charge in [0.05, 0.1) is 13.3 Å². The number of hydrogen-bond acceptors (Lipinski definition) is 7. The molecule has 9 nitrogen and oxygen atoms in total. The molecule has 2 N–H and O–H groups in total. The van der Waals surface area contributed by atoms with Crippen LogP contribution in [0.5, 0.6) is 5.75 Å². The lowest BCUT2D eigenvalue weighted by Gasteiger charge is -2.17. The van der Waals surface area contributed by atoms with Crippen molar-refractivity contribution in [2.75, 3.05) is 20.3 Å². The standard InChI is InChI=1S/C21H23N3O6/c1-3-22-21(27)24-20(26)19(16-7-5-4-6-8-16)30-18(25)14-29-23-13-15-9-11-17(28-2)12-10-15/h4-13,19H,3,14H2,1-2H3,(H2,22,24,26,27)/b23-13-/t19-/m0/s1. The maximum absolute atomic E-state index is 12.4. The number of imide groups is 1. The van der Waals surface area contributed by atoms with Crippen molar-refractivity contribution in [1.82, 2.24) is 10.6 Å².